The van der Waals surface area contributed by atoms with Crippen LogP contribution in [0.4, 0.5) is 0 Å². The van der Waals surface area contributed by atoms with Crippen LogP contribution in [0.5, 0.6) is 5.75 Å². The van der Waals surface area contributed by atoms with Gasteiger partial charge in [-0.15, -0.1) is 0 Å². The van der Waals surface area contributed by atoms with Crippen LogP contribution in [0, 0.1) is 6.92 Å². The van der Waals surface area contributed by atoms with E-state index in [2.05, 4.69) is 9.72 Å². The minimum atomic E-state index is -0.439. The number of nitrogens with zero attached hydrogens (tertiary/aromatic N) is 1. The molecule has 1 rings (SSSR count). The summed E-state index contributed by atoms with van der Waals surface area (Å²) in [5, 5.41) is 0. The average molecular weight is 181 g/mol. The number of esters is 1. The molecular weight excluding hydrogens is 170 g/mol. The summed E-state index contributed by atoms with van der Waals surface area (Å²) in [7, 11) is 2.88. The van der Waals surface area contributed by atoms with E-state index in [0.29, 0.717) is 17.1 Å². The average Bonchev–Trinajstić information content (AvgIpc) is 2.16. The van der Waals surface area contributed by atoms with Crippen LogP contribution in [-0.2, 0) is 4.74 Å². The van der Waals surface area contributed by atoms with Crippen molar-refractivity contribution in [3.8, 4) is 5.75 Å². The number of hydrogen-bond acceptors (Lipinski definition) is 4. The van der Waals surface area contributed by atoms with Gasteiger partial charge in [0.15, 0.2) is 0 Å². The van der Waals surface area contributed by atoms with Crippen LogP contribution in [-0.4, -0.2) is 25.2 Å². The minimum Gasteiger partial charge on any atom is -0.495 e. The second kappa shape index (κ2) is 3.89. The number of methoxy groups -OCH3 is 2. The Labute approximate surface area is 76.5 Å². The van der Waals surface area contributed by atoms with Crippen molar-refractivity contribution in [2.24, 2.45) is 0 Å². The third-order valence-electron chi connectivity index (χ3n) is 1.65. The van der Waals surface area contributed by atoms with Crippen molar-refractivity contribution in [1.82, 2.24) is 4.98 Å². The molecule has 0 amide bonds. The van der Waals surface area contributed by atoms with Gasteiger partial charge in [-0.05, 0) is 19.1 Å². The molecule has 0 radical (unpaired) electrons. The van der Waals surface area contributed by atoms with E-state index in [9.17, 15) is 4.79 Å². The molecule has 0 unspecified atom stereocenters. The molecule has 70 valence electrons. The highest BCUT2D eigenvalue weighted by molar-refractivity contribution is 5.87. The van der Waals surface area contributed by atoms with E-state index in [1.165, 1.54) is 7.11 Å². The lowest BCUT2D eigenvalue weighted by molar-refractivity contribution is 0.0593. The van der Waals surface area contributed by atoms with E-state index in [1.54, 1.807) is 26.2 Å². The van der Waals surface area contributed by atoms with E-state index < -0.39 is 5.97 Å². The highest BCUT2D eigenvalue weighted by atomic mass is 16.5. The van der Waals surface area contributed by atoms with Gasteiger partial charge in [0, 0.05) is 0 Å². The summed E-state index contributed by atoms with van der Waals surface area (Å²) < 4.78 is 9.52. The second-order valence-electron chi connectivity index (χ2n) is 2.48. The summed E-state index contributed by atoms with van der Waals surface area (Å²) in [6, 6.07) is 3.26. The fraction of sp³-hybridized carbons (Fsp3) is 0.333. The monoisotopic (exact) mass is 181 g/mol. The fourth-order valence-corrected chi connectivity index (χ4v) is 0.982. The third kappa shape index (κ3) is 1.96. The highest BCUT2D eigenvalue weighted by Gasteiger charge is 2.08. The van der Waals surface area contributed by atoms with Crippen molar-refractivity contribution < 1.29 is 14.3 Å². The molecule has 0 aliphatic heterocycles. The van der Waals surface area contributed by atoms with E-state index in [-0.39, 0.29) is 0 Å². The molecule has 0 spiro atoms. The normalized spacial score (nSPS) is 9.46. The number of rotatable bonds is 2. The molecule has 0 fully saturated rings. The number of ether oxygens (including phenoxy) is 2. The lowest BCUT2D eigenvalue weighted by Gasteiger charge is -2.04. The van der Waals surface area contributed by atoms with Gasteiger partial charge in [-0.1, -0.05) is 0 Å². The van der Waals surface area contributed by atoms with Crippen LogP contribution in [0.25, 0.3) is 0 Å². The van der Waals surface area contributed by atoms with Crippen molar-refractivity contribution in [3.05, 3.63) is 23.5 Å². The van der Waals surface area contributed by atoms with Crippen molar-refractivity contribution >= 4 is 5.97 Å². The summed E-state index contributed by atoms with van der Waals surface area (Å²) in [5.74, 6) is 0.221. The molecule has 0 saturated carbocycles. The third-order valence-corrected chi connectivity index (χ3v) is 1.65. The number of aromatic nitrogens is 1. The summed E-state index contributed by atoms with van der Waals surface area (Å²) in [5.41, 5.74) is 0.964. The number of pyridine rings is 1. The van der Waals surface area contributed by atoms with Gasteiger partial charge in [0.2, 0.25) is 0 Å². The van der Waals surface area contributed by atoms with Gasteiger partial charge in [-0.2, -0.15) is 0 Å². The molecule has 0 bridgehead atoms. The number of carbonyl (C=O) groups excluding carboxylic acids is 1. The van der Waals surface area contributed by atoms with Crippen molar-refractivity contribution in [3.63, 3.8) is 0 Å². The van der Waals surface area contributed by atoms with Crippen LogP contribution in [0.3, 0.4) is 0 Å². The molecule has 0 aliphatic rings. The molecule has 0 N–H and O–H groups in total. The Hall–Kier alpha value is -1.58. The zero-order valence-electron chi connectivity index (χ0n) is 7.83. The first-order valence-corrected chi connectivity index (χ1v) is 3.79. The van der Waals surface area contributed by atoms with Gasteiger partial charge >= 0.3 is 5.97 Å². The summed E-state index contributed by atoms with van der Waals surface area (Å²) in [4.78, 5) is 15.1. The van der Waals surface area contributed by atoms with Crippen LogP contribution < -0.4 is 4.74 Å². The molecule has 4 heteroatoms. The zero-order valence-corrected chi connectivity index (χ0v) is 7.83. The molecule has 1 heterocycles. The van der Waals surface area contributed by atoms with Crippen molar-refractivity contribution in [1.29, 1.82) is 0 Å². The van der Waals surface area contributed by atoms with Crippen molar-refractivity contribution in [2.75, 3.05) is 14.2 Å². The molecule has 0 aliphatic carbocycles. The van der Waals surface area contributed by atoms with Crippen LogP contribution in [0.2, 0.25) is 0 Å². The first kappa shape index (κ1) is 9.51. The quantitative estimate of drug-likeness (QED) is 0.643. The molecule has 0 atom stereocenters. The Balaban J connectivity index is 3.02. The number of hydrogen-bond donors (Lipinski definition) is 0. The molecular formula is C9H11NO3. The maximum Gasteiger partial charge on any atom is 0.356 e. The van der Waals surface area contributed by atoms with Gasteiger partial charge < -0.3 is 9.47 Å². The fourth-order valence-electron chi connectivity index (χ4n) is 0.982. The van der Waals surface area contributed by atoms with Crippen LogP contribution >= 0.6 is 0 Å². The second-order valence-corrected chi connectivity index (χ2v) is 2.48. The van der Waals surface area contributed by atoms with Crippen LogP contribution in [0.15, 0.2) is 12.1 Å². The van der Waals surface area contributed by atoms with Gasteiger partial charge in [-0.25, -0.2) is 9.78 Å². The highest BCUT2D eigenvalue weighted by Crippen LogP contribution is 2.14. The first-order chi connectivity index (χ1) is 6.19. The Morgan fingerprint density at radius 3 is 2.54 bits per heavy atom. The van der Waals surface area contributed by atoms with E-state index in [1.807, 2.05) is 0 Å². The summed E-state index contributed by atoms with van der Waals surface area (Å²) in [6.45, 7) is 1.77. The van der Waals surface area contributed by atoms with E-state index in [0.717, 1.165) is 0 Å². The largest absolute Gasteiger partial charge is 0.495 e. The first-order valence-electron chi connectivity index (χ1n) is 3.79. The van der Waals surface area contributed by atoms with Gasteiger partial charge in [0.1, 0.15) is 11.4 Å². The Bertz CT molecular complexity index is 323. The van der Waals surface area contributed by atoms with Gasteiger partial charge in [0.05, 0.1) is 19.9 Å². The number of carbonyl (C=O) groups is 1. The van der Waals surface area contributed by atoms with E-state index >= 15 is 0 Å². The predicted molar refractivity (Wildman–Crippen MR) is 46.9 cm³/mol. The molecule has 1 aromatic rings. The maximum absolute atomic E-state index is 11.0. The molecule has 0 saturated heterocycles. The SMILES string of the molecule is COC(=O)c1ccc(OC)c(C)n1. The number of aryl methyl sites for hydroxylation is 1. The smallest absolute Gasteiger partial charge is 0.356 e. The van der Waals surface area contributed by atoms with E-state index in [4.69, 9.17) is 4.74 Å². The van der Waals surface area contributed by atoms with Gasteiger partial charge in [0.25, 0.3) is 0 Å². The Morgan fingerprint density at radius 2 is 2.08 bits per heavy atom. The zero-order chi connectivity index (χ0) is 9.84. The summed E-state index contributed by atoms with van der Waals surface area (Å²) >= 11 is 0. The molecule has 1 aromatic heterocycles. The Morgan fingerprint density at radius 1 is 1.38 bits per heavy atom. The molecule has 4 nitrogen and oxygen atoms in total. The lowest BCUT2D eigenvalue weighted by Crippen LogP contribution is -2.05. The topological polar surface area (TPSA) is 48.4 Å². The molecule has 13 heavy (non-hydrogen) atoms. The van der Waals surface area contributed by atoms with Crippen molar-refractivity contribution in [2.45, 2.75) is 6.92 Å². The lowest BCUT2D eigenvalue weighted by atomic mass is 10.3. The predicted octanol–water partition coefficient (Wildman–Crippen LogP) is 1.19. The van der Waals surface area contributed by atoms with Crippen LogP contribution in [0.1, 0.15) is 16.2 Å². The summed E-state index contributed by atoms with van der Waals surface area (Å²) in [6.07, 6.45) is 0. The maximum atomic E-state index is 11.0. The van der Waals surface area contributed by atoms with Gasteiger partial charge in [-0.3, -0.25) is 0 Å². The molecule has 0 aromatic carbocycles. The Kier molecular flexibility index (Phi) is 2.84. The minimum absolute atomic E-state index is 0.292. The standard InChI is InChI=1S/C9H11NO3/c1-6-8(12-2)5-4-7(10-6)9(11)13-3/h4-5H,1-3H3.